The van der Waals surface area contributed by atoms with Gasteiger partial charge in [0.2, 0.25) is 0 Å². The monoisotopic (exact) mass is 303 g/mol. The topological polar surface area (TPSA) is 32.6 Å². The van der Waals surface area contributed by atoms with Gasteiger partial charge in [-0.25, -0.2) is 0 Å². The Balaban J connectivity index is 2.57. The molecule has 2 heteroatoms. The van der Waals surface area contributed by atoms with Gasteiger partial charge in [0.05, 0.1) is 13.2 Å². The van der Waals surface area contributed by atoms with E-state index in [4.69, 9.17) is 5.11 Å². The highest BCUT2D eigenvalue weighted by Crippen LogP contribution is 2.42. The van der Waals surface area contributed by atoms with Crippen LogP contribution in [0.4, 0.5) is 0 Å². The van der Waals surface area contributed by atoms with Crippen LogP contribution in [0.1, 0.15) is 66.7 Å². The number of nitrogens with zero attached hydrogens (tertiary/aromatic N) is 1. The van der Waals surface area contributed by atoms with Crippen molar-refractivity contribution >= 4 is 5.71 Å². The van der Waals surface area contributed by atoms with Crippen LogP contribution in [-0.4, -0.2) is 24.0 Å². The summed E-state index contributed by atoms with van der Waals surface area (Å²) in [4.78, 5) is 4.23. The molecule has 0 aliphatic heterocycles. The Morgan fingerprint density at radius 2 is 2.05 bits per heavy atom. The lowest BCUT2D eigenvalue weighted by Crippen LogP contribution is -2.20. The lowest BCUT2D eigenvalue weighted by molar-refractivity contribution is 0.307. The molecule has 0 aromatic rings. The quantitative estimate of drug-likeness (QED) is 0.389. The number of aliphatic hydroxyl groups is 1. The maximum absolute atomic E-state index is 8.74. The number of rotatable bonds is 7. The Morgan fingerprint density at radius 3 is 2.68 bits per heavy atom. The molecule has 0 amide bonds. The third-order valence-electron chi connectivity index (χ3n) is 4.63. The first-order valence-electron chi connectivity index (χ1n) is 8.51. The molecular weight excluding hydrogens is 270 g/mol. The zero-order chi connectivity index (χ0) is 16.6. The molecule has 0 aromatic heterocycles. The summed E-state index contributed by atoms with van der Waals surface area (Å²) in [6.07, 6.45) is 12.5. The molecule has 2 nitrogen and oxygen atoms in total. The molecule has 0 fully saturated rings. The van der Waals surface area contributed by atoms with Crippen molar-refractivity contribution in [2.24, 2.45) is 10.4 Å². The van der Waals surface area contributed by atoms with Crippen molar-refractivity contribution in [1.29, 1.82) is 0 Å². The summed E-state index contributed by atoms with van der Waals surface area (Å²) in [6.45, 7) is 11.9. The largest absolute Gasteiger partial charge is 0.394 e. The van der Waals surface area contributed by atoms with Crippen molar-refractivity contribution in [3.05, 3.63) is 34.9 Å². The molecule has 0 aromatic carbocycles. The Hall–Kier alpha value is -1.15. The van der Waals surface area contributed by atoms with Crippen LogP contribution in [0, 0.1) is 5.41 Å². The highest BCUT2D eigenvalue weighted by atomic mass is 16.3. The van der Waals surface area contributed by atoms with E-state index in [0.717, 1.165) is 12.1 Å². The minimum atomic E-state index is 0.115. The Bertz CT molecular complexity index is 478. The highest BCUT2D eigenvalue weighted by Gasteiger charge is 2.27. The van der Waals surface area contributed by atoms with E-state index in [1.807, 2.05) is 13.0 Å². The summed E-state index contributed by atoms with van der Waals surface area (Å²) in [5.74, 6) is 0. The molecule has 1 aliphatic carbocycles. The smallest absolute Gasteiger partial charge is 0.0627 e. The van der Waals surface area contributed by atoms with Gasteiger partial charge in [-0.3, -0.25) is 4.99 Å². The molecule has 0 spiro atoms. The van der Waals surface area contributed by atoms with Crippen LogP contribution >= 0.6 is 0 Å². The SMILES string of the molecule is CC1=C(CC/C(C)=C/C=C/C(C)=N/CCO)C(C)(C)CCC1. The lowest BCUT2D eigenvalue weighted by Gasteiger charge is -2.34. The normalized spacial score (nSPS) is 20.1. The summed E-state index contributed by atoms with van der Waals surface area (Å²) in [5.41, 5.74) is 6.05. The predicted octanol–water partition coefficient (Wildman–Crippen LogP) is 5.25. The van der Waals surface area contributed by atoms with E-state index >= 15 is 0 Å². The number of aliphatic imine (C=N–C) groups is 1. The molecule has 0 saturated heterocycles. The van der Waals surface area contributed by atoms with Crippen LogP contribution in [0.25, 0.3) is 0 Å². The van der Waals surface area contributed by atoms with Crippen molar-refractivity contribution in [1.82, 2.24) is 0 Å². The van der Waals surface area contributed by atoms with Gasteiger partial charge in [0.25, 0.3) is 0 Å². The van der Waals surface area contributed by atoms with Gasteiger partial charge in [-0.2, -0.15) is 0 Å². The fourth-order valence-electron chi connectivity index (χ4n) is 3.26. The van der Waals surface area contributed by atoms with Crippen LogP contribution < -0.4 is 0 Å². The second kappa shape index (κ2) is 9.09. The van der Waals surface area contributed by atoms with Crippen molar-refractivity contribution in [3.63, 3.8) is 0 Å². The third-order valence-corrected chi connectivity index (χ3v) is 4.63. The second-order valence-corrected chi connectivity index (χ2v) is 7.12. The zero-order valence-electron chi connectivity index (χ0n) is 15.1. The van der Waals surface area contributed by atoms with Gasteiger partial charge in [-0.15, -0.1) is 0 Å². The number of hydrogen-bond donors (Lipinski definition) is 1. The first-order valence-corrected chi connectivity index (χ1v) is 8.51. The minimum absolute atomic E-state index is 0.115. The Labute approximate surface area is 136 Å². The lowest BCUT2D eigenvalue weighted by atomic mass is 9.71. The molecule has 0 unspecified atom stereocenters. The van der Waals surface area contributed by atoms with Gasteiger partial charge in [0, 0.05) is 5.71 Å². The van der Waals surface area contributed by atoms with E-state index in [1.165, 1.54) is 31.3 Å². The van der Waals surface area contributed by atoms with Crippen molar-refractivity contribution in [3.8, 4) is 0 Å². The first kappa shape index (κ1) is 18.9. The molecule has 0 heterocycles. The fraction of sp³-hybridized carbons (Fsp3) is 0.650. The second-order valence-electron chi connectivity index (χ2n) is 7.12. The standard InChI is InChI=1S/C20H33NO/c1-16(8-6-10-18(3)21-14-15-22)11-12-19-17(2)9-7-13-20(19,4)5/h6,8,10,22H,7,9,11-15H2,1-5H3/b10-6+,16-8+,21-18+. The van der Waals surface area contributed by atoms with Gasteiger partial charge in [0.1, 0.15) is 0 Å². The molecule has 1 rings (SSSR count). The molecule has 0 atom stereocenters. The zero-order valence-corrected chi connectivity index (χ0v) is 15.1. The minimum Gasteiger partial charge on any atom is -0.394 e. The summed E-state index contributed by atoms with van der Waals surface area (Å²) < 4.78 is 0. The van der Waals surface area contributed by atoms with E-state index in [2.05, 4.69) is 44.8 Å². The summed E-state index contributed by atoms with van der Waals surface area (Å²) >= 11 is 0. The van der Waals surface area contributed by atoms with Crippen molar-refractivity contribution < 1.29 is 5.11 Å². The van der Waals surface area contributed by atoms with Crippen LogP contribution in [0.15, 0.2) is 39.9 Å². The molecule has 0 saturated carbocycles. The van der Waals surface area contributed by atoms with Gasteiger partial charge in [-0.1, -0.05) is 42.7 Å². The van der Waals surface area contributed by atoms with E-state index in [9.17, 15) is 0 Å². The summed E-state index contributed by atoms with van der Waals surface area (Å²) in [7, 11) is 0. The summed E-state index contributed by atoms with van der Waals surface area (Å²) in [6, 6.07) is 0. The van der Waals surface area contributed by atoms with Gasteiger partial charge >= 0.3 is 0 Å². The number of allylic oxidation sites excluding steroid dienone is 6. The molecule has 0 bridgehead atoms. The van der Waals surface area contributed by atoms with E-state index in [1.54, 1.807) is 11.1 Å². The van der Waals surface area contributed by atoms with Crippen LogP contribution in [0.2, 0.25) is 0 Å². The number of hydrogen-bond acceptors (Lipinski definition) is 2. The fourth-order valence-corrected chi connectivity index (χ4v) is 3.26. The average molecular weight is 303 g/mol. The van der Waals surface area contributed by atoms with Gasteiger partial charge in [-0.05, 0) is 64.4 Å². The third kappa shape index (κ3) is 6.31. The molecule has 1 aliphatic rings. The maximum Gasteiger partial charge on any atom is 0.0627 e. The van der Waals surface area contributed by atoms with Gasteiger partial charge in [0.15, 0.2) is 0 Å². The molecule has 22 heavy (non-hydrogen) atoms. The number of aliphatic hydroxyl groups excluding tert-OH is 1. The van der Waals surface area contributed by atoms with Crippen molar-refractivity contribution in [2.75, 3.05) is 13.2 Å². The van der Waals surface area contributed by atoms with E-state index in [0.29, 0.717) is 12.0 Å². The van der Waals surface area contributed by atoms with Gasteiger partial charge < -0.3 is 5.11 Å². The van der Waals surface area contributed by atoms with E-state index in [-0.39, 0.29) is 6.61 Å². The molecule has 1 N–H and O–H groups in total. The van der Waals surface area contributed by atoms with Crippen LogP contribution in [0.5, 0.6) is 0 Å². The van der Waals surface area contributed by atoms with Crippen LogP contribution in [-0.2, 0) is 0 Å². The van der Waals surface area contributed by atoms with Crippen LogP contribution in [0.3, 0.4) is 0 Å². The molecule has 0 radical (unpaired) electrons. The molecule has 124 valence electrons. The predicted molar refractivity (Wildman–Crippen MR) is 97.5 cm³/mol. The van der Waals surface area contributed by atoms with E-state index < -0.39 is 0 Å². The Kier molecular flexibility index (Phi) is 7.81. The first-order chi connectivity index (χ1) is 10.4. The summed E-state index contributed by atoms with van der Waals surface area (Å²) in [5, 5.41) is 8.74. The Morgan fingerprint density at radius 1 is 1.32 bits per heavy atom. The highest BCUT2D eigenvalue weighted by molar-refractivity contribution is 5.92. The average Bonchev–Trinajstić information content (AvgIpc) is 2.43. The molecular formula is C20H33NO. The van der Waals surface area contributed by atoms with Crippen molar-refractivity contribution in [2.45, 2.75) is 66.7 Å². The maximum atomic E-state index is 8.74.